The first-order valence-electron chi connectivity index (χ1n) is 8.79. The van der Waals surface area contributed by atoms with Crippen LogP contribution in [-0.2, 0) is 22.6 Å². The zero-order valence-corrected chi connectivity index (χ0v) is 15.5. The SMILES string of the molecule is NC(=O)C1CCCN1Cc1cccc(NC(=O)Cc2c(F)cccc2Cl)c1. The number of rotatable bonds is 6. The van der Waals surface area contributed by atoms with E-state index >= 15 is 0 Å². The third kappa shape index (κ3) is 4.84. The van der Waals surface area contributed by atoms with Gasteiger partial charge in [-0.25, -0.2) is 4.39 Å². The molecule has 0 saturated carbocycles. The fourth-order valence-electron chi connectivity index (χ4n) is 3.39. The quantitative estimate of drug-likeness (QED) is 0.797. The van der Waals surface area contributed by atoms with Gasteiger partial charge < -0.3 is 11.1 Å². The lowest BCUT2D eigenvalue weighted by Crippen LogP contribution is -2.39. The molecule has 1 saturated heterocycles. The number of hydrogen-bond donors (Lipinski definition) is 2. The molecule has 0 radical (unpaired) electrons. The second-order valence-corrected chi connectivity index (χ2v) is 7.06. The highest BCUT2D eigenvalue weighted by Gasteiger charge is 2.28. The van der Waals surface area contributed by atoms with Gasteiger partial charge in [0.25, 0.3) is 0 Å². The largest absolute Gasteiger partial charge is 0.368 e. The van der Waals surface area contributed by atoms with E-state index in [-0.39, 0.29) is 34.9 Å². The molecule has 1 aliphatic heterocycles. The number of hydrogen-bond acceptors (Lipinski definition) is 3. The number of amides is 2. The normalized spacial score (nSPS) is 17.0. The van der Waals surface area contributed by atoms with Crippen molar-refractivity contribution < 1.29 is 14.0 Å². The Morgan fingerprint density at radius 3 is 2.78 bits per heavy atom. The van der Waals surface area contributed by atoms with Crippen molar-refractivity contribution in [2.75, 3.05) is 11.9 Å². The Balaban J connectivity index is 1.65. The Kier molecular flexibility index (Phi) is 6.08. The van der Waals surface area contributed by atoms with Gasteiger partial charge in [0, 0.05) is 22.8 Å². The molecule has 2 aromatic rings. The number of primary amides is 1. The summed E-state index contributed by atoms with van der Waals surface area (Å²) in [6.07, 6.45) is 1.56. The molecule has 1 atom stereocenters. The lowest BCUT2D eigenvalue weighted by atomic mass is 10.1. The van der Waals surface area contributed by atoms with E-state index < -0.39 is 5.82 Å². The van der Waals surface area contributed by atoms with Gasteiger partial charge in [0.1, 0.15) is 5.82 Å². The van der Waals surface area contributed by atoms with Gasteiger partial charge in [-0.3, -0.25) is 14.5 Å². The zero-order chi connectivity index (χ0) is 19.4. The first-order chi connectivity index (χ1) is 12.9. The highest BCUT2D eigenvalue weighted by atomic mass is 35.5. The molecule has 0 spiro atoms. The minimum Gasteiger partial charge on any atom is -0.368 e. The van der Waals surface area contributed by atoms with Crippen molar-refractivity contribution in [1.29, 1.82) is 0 Å². The number of carbonyl (C=O) groups is 2. The van der Waals surface area contributed by atoms with Crippen molar-refractivity contribution in [1.82, 2.24) is 4.90 Å². The number of carbonyl (C=O) groups excluding carboxylic acids is 2. The van der Waals surface area contributed by atoms with Crippen LogP contribution in [0.25, 0.3) is 0 Å². The molecule has 0 aliphatic carbocycles. The Morgan fingerprint density at radius 2 is 2.04 bits per heavy atom. The number of nitrogens with zero attached hydrogens (tertiary/aromatic N) is 1. The summed E-state index contributed by atoms with van der Waals surface area (Å²) in [4.78, 5) is 25.8. The molecule has 1 aliphatic rings. The summed E-state index contributed by atoms with van der Waals surface area (Å²) >= 11 is 5.97. The van der Waals surface area contributed by atoms with E-state index in [2.05, 4.69) is 5.32 Å². The van der Waals surface area contributed by atoms with Crippen molar-refractivity contribution in [3.63, 3.8) is 0 Å². The van der Waals surface area contributed by atoms with Gasteiger partial charge in [-0.1, -0.05) is 29.8 Å². The number of nitrogens with two attached hydrogens (primary N) is 1. The number of benzene rings is 2. The highest BCUT2D eigenvalue weighted by Crippen LogP contribution is 2.22. The lowest BCUT2D eigenvalue weighted by molar-refractivity contribution is -0.122. The molecule has 27 heavy (non-hydrogen) atoms. The average Bonchev–Trinajstić information content (AvgIpc) is 3.07. The third-order valence-corrected chi connectivity index (χ3v) is 5.04. The van der Waals surface area contributed by atoms with Gasteiger partial charge in [-0.2, -0.15) is 0 Å². The van der Waals surface area contributed by atoms with Crippen molar-refractivity contribution >= 4 is 29.1 Å². The van der Waals surface area contributed by atoms with Gasteiger partial charge in [-0.05, 0) is 49.2 Å². The lowest BCUT2D eigenvalue weighted by Gasteiger charge is -2.22. The number of likely N-dealkylation sites (tertiary alicyclic amines) is 1. The van der Waals surface area contributed by atoms with Crippen molar-refractivity contribution in [2.24, 2.45) is 5.73 Å². The van der Waals surface area contributed by atoms with E-state index in [1.54, 1.807) is 12.1 Å². The van der Waals surface area contributed by atoms with Crippen LogP contribution in [0.15, 0.2) is 42.5 Å². The van der Waals surface area contributed by atoms with Gasteiger partial charge in [0.05, 0.1) is 12.5 Å². The molecule has 2 aromatic carbocycles. The number of anilines is 1. The molecule has 142 valence electrons. The molecule has 1 unspecified atom stereocenters. The van der Waals surface area contributed by atoms with Crippen molar-refractivity contribution in [2.45, 2.75) is 31.8 Å². The second kappa shape index (κ2) is 8.50. The predicted molar refractivity (Wildman–Crippen MR) is 103 cm³/mol. The van der Waals surface area contributed by atoms with E-state index in [1.165, 1.54) is 12.1 Å². The van der Waals surface area contributed by atoms with Crippen molar-refractivity contribution in [3.05, 3.63) is 64.4 Å². The first kappa shape index (κ1) is 19.3. The summed E-state index contributed by atoms with van der Waals surface area (Å²) in [5.74, 6) is -1.16. The third-order valence-electron chi connectivity index (χ3n) is 4.69. The van der Waals surface area contributed by atoms with E-state index in [9.17, 15) is 14.0 Å². The summed E-state index contributed by atoms with van der Waals surface area (Å²) in [6.45, 7) is 1.40. The molecule has 7 heteroatoms. The minimum absolute atomic E-state index is 0.147. The summed E-state index contributed by atoms with van der Waals surface area (Å²) in [5, 5.41) is 3.00. The Hall–Kier alpha value is -2.44. The maximum atomic E-state index is 13.8. The predicted octanol–water partition coefficient (Wildman–Crippen LogP) is 3.11. The summed E-state index contributed by atoms with van der Waals surface area (Å²) in [7, 11) is 0. The molecule has 3 N–H and O–H groups in total. The Bertz CT molecular complexity index is 839. The Labute approximate surface area is 162 Å². The minimum atomic E-state index is -0.502. The molecule has 3 rings (SSSR count). The summed E-state index contributed by atoms with van der Waals surface area (Å²) in [5.41, 5.74) is 7.21. The molecule has 1 heterocycles. The van der Waals surface area contributed by atoms with Crippen LogP contribution in [0.2, 0.25) is 5.02 Å². The highest BCUT2D eigenvalue weighted by molar-refractivity contribution is 6.31. The first-order valence-corrected chi connectivity index (χ1v) is 9.17. The molecular formula is C20H21ClFN3O2. The van der Waals surface area contributed by atoms with Gasteiger partial charge in [0.15, 0.2) is 0 Å². The average molecular weight is 390 g/mol. The molecule has 0 bridgehead atoms. The molecular weight excluding hydrogens is 369 g/mol. The van der Waals surface area contributed by atoms with Gasteiger partial charge in [0.2, 0.25) is 11.8 Å². The molecule has 0 aromatic heterocycles. The van der Waals surface area contributed by atoms with E-state index in [4.69, 9.17) is 17.3 Å². The van der Waals surface area contributed by atoms with Crippen LogP contribution in [0.3, 0.4) is 0 Å². The van der Waals surface area contributed by atoms with E-state index in [0.29, 0.717) is 12.2 Å². The zero-order valence-electron chi connectivity index (χ0n) is 14.8. The summed E-state index contributed by atoms with van der Waals surface area (Å²) in [6, 6.07) is 11.5. The van der Waals surface area contributed by atoms with E-state index in [1.807, 2.05) is 23.1 Å². The maximum absolute atomic E-state index is 13.8. The molecule has 5 nitrogen and oxygen atoms in total. The second-order valence-electron chi connectivity index (χ2n) is 6.66. The van der Waals surface area contributed by atoms with Crippen LogP contribution < -0.4 is 11.1 Å². The topological polar surface area (TPSA) is 75.4 Å². The van der Waals surface area contributed by atoms with Crippen LogP contribution >= 0.6 is 11.6 Å². The molecule has 1 fully saturated rings. The van der Waals surface area contributed by atoms with Crippen molar-refractivity contribution in [3.8, 4) is 0 Å². The smallest absolute Gasteiger partial charge is 0.234 e. The van der Waals surface area contributed by atoms with Crippen LogP contribution in [0.5, 0.6) is 0 Å². The Morgan fingerprint density at radius 1 is 1.26 bits per heavy atom. The number of halogens is 2. The monoisotopic (exact) mass is 389 g/mol. The van der Waals surface area contributed by atoms with Crippen LogP contribution in [0.1, 0.15) is 24.0 Å². The van der Waals surface area contributed by atoms with Crippen LogP contribution in [0.4, 0.5) is 10.1 Å². The molecule has 2 amide bonds. The number of nitrogens with one attached hydrogen (secondary N) is 1. The standard InChI is InChI=1S/C20H21ClFN3O2/c21-16-6-2-7-17(22)15(16)11-19(26)24-14-5-1-4-13(10-14)12-25-9-3-8-18(25)20(23)27/h1-2,4-7,10,18H,3,8-9,11-12H2,(H2,23,27)(H,24,26). The van der Waals surface area contributed by atoms with E-state index in [0.717, 1.165) is 24.9 Å². The maximum Gasteiger partial charge on any atom is 0.234 e. The van der Waals surface area contributed by atoms with Crippen LogP contribution in [0, 0.1) is 5.82 Å². The fraction of sp³-hybridized carbons (Fsp3) is 0.300. The fourth-order valence-corrected chi connectivity index (χ4v) is 3.62. The summed E-state index contributed by atoms with van der Waals surface area (Å²) < 4.78 is 13.8. The van der Waals surface area contributed by atoms with Gasteiger partial charge in [-0.15, -0.1) is 0 Å². The van der Waals surface area contributed by atoms with Gasteiger partial charge >= 0.3 is 0 Å². The van der Waals surface area contributed by atoms with Crippen LogP contribution in [-0.4, -0.2) is 29.3 Å².